The van der Waals surface area contributed by atoms with Crippen molar-refractivity contribution in [3.63, 3.8) is 0 Å². The maximum Gasteiger partial charge on any atom is 0.0973 e. The lowest BCUT2D eigenvalue weighted by molar-refractivity contribution is -0.00228. The fourth-order valence-electron chi connectivity index (χ4n) is 0.703. The highest BCUT2D eigenvalue weighted by Gasteiger charge is 2.26. The van der Waals surface area contributed by atoms with Gasteiger partial charge >= 0.3 is 0 Å². The van der Waals surface area contributed by atoms with Crippen LogP contribution in [-0.2, 0) is 4.74 Å². The summed E-state index contributed by atoms with van der Waals surface area (Å²) < 4.78 is 4.92. The third-order valence-corrected chi connectivity index (χ3v) is 1.93. The summed E-state index contributed by atoms with van der Waals surface area (Å²) in [4.78, 5) is 0. The Morgan fingerprint density at radius 2 is 2.00 bits per heavy atom. The Bertz CT molecular complexity index is 99.6. The summed E-state index contributed by atoms with van der Waals surface area (Å²) in [5, 5.41) is 17.9. The summed E-state index contributed by atoms with van der Waals surface area (Å²) in [7, 11) is 0. The molecule has 0 aliphatic carbocycles. The molecule has 0 amide bonds. The predicted molar refractivity (Wildman–Crippen MR) is 43.0 cm³/mol. The number of aliphatic hydroxyl groups is 2. The van der Waals surface area contributed by atoms with Gasteiger partial charge in [0.2, 0.25) is 0 Å². The molecule has 0 saturated carbocycles. The van der Waals surface area contributed by atoms with Crippen molar-refractivity contribution in [1.29, 1.82) is 0 Å². The molecule has 3 heteroatoms. The Labute approximate surface area is 67.3 Å². The molecule has 0 fully saturated rings. The maximum atomic E-state index is 8.93. The molecule has 0 saturated heterocycles. The molecule has 0 aromatic rings. The van der Waals surface area contributed by atoms with Crippen LogP contribution < -0.4 is 0 Å². The van der Waals surface area contributed by atoms with Crippen molar-refractivity contribution in [2.24, 2.45) is 5.41 Å². The highest BCUT2D eigenvalue weighted by atomic mass is 16.5. The van der Waals surface area contributed by atoms with Crippen LogP contribution >= 0.6 is 0 Å². The fraction of sp³-hybridized carbons (Fsp3) is 0.750. The zero-order valence-electron chi connectivity index (χ0n) is 6.92. The first-order valence-corrected chi connectivity index (χ1v) is 3.69. The molecule has 0 aromatic carbocycles. The Morgan fingerprint density at radius 1 is 1.45 bits per heavy atom. The van der Waals surface area contributed by atoms with Gasteiger partial charge in [0.15, 0.2) is 0 Å². The van der Waals surface area contributed by atoms with E-state index in [-0.39, 0.29) is 13.2 Å². The molecule has 2 N–H and O–H groups in total. The molecule has 0 aliphatic rings. The Hall–Kier alpha value is -0.540. The van der Waals surface area contributed by atoms with E-state index >= 15 is 0 Å². The molecule has 0 bridgehead atoms. The van der Waals surface area contributed by atoms with Crippen molar-refractivity contribution in [3.05, 3.63) is 12.8 Å². The van der Waals surface area contributed by atoms with E-state index < -0.39 is 5.41 Å². The molecular formula is C8H16O3. The highest BCUT2D eigenvalue weighted by molar-refractivity contribution is 4.76. The molecule has 0 spiro atoms. The van der Waals surface area contributed by atoms with Gasteiger partial charge in [-0.3, -0.25) is 0 Å². The molecule has 0 rings (SSSR count). The maximum absolute atomic E-state index is 8.93. The van der Waals surface area contributed by atoms with Crippen molar-refractivity contribution in [1.82, 2.24) is 0 Å². The summed E-state index contributed by atoms with van der Waals surface area (Å²) in [6.07, 6.45) is 2.00. The lowest BCUT2D eigenvalue weighted by Gasteiger charge is -2.26. The summed E-state index contributed by atoms with van der Waals surface area (Å²) in [5.41, 5.74) is -0.506. The first-order chi connectivity index (χ1) is 5.24. The topological polar surface area (TPSA) is 49.7 Å². The van der Waals surface area contributed by atoms with Crippen LogP contribution in [0.1, 0.15) is 13.3 Å². The molecule has 3 nitrogen and oxygen atoms in total. The van der Waals surface area contributed by atoms with Crippen LogP contribution in [-0.4, -0.2) is 30.0 Å². The third-order valence-electron chi connectivity index (χ3n) is 1.93. The SMILES string of the molecule is C=COCC(CC)(CO)CO. The van der Waals surface area contributed by atoms with Crippen LogP contribution in [0.25, 0.3) is 0 Å². The second-order valence-corrected chi connectivity index (χ2v) is 2.65. The minimum Gasteiger partial charge on any atom is -0.501 e. The predicted octanol–water partition coefficient (Wildman–Crippen LogP) is 0.527. The summed E-state index contributed by atoms with van der Waals surface area (Å²) in [6, 6.07) is 0. The van der Waals surface area contributed by atoms with Gasteiger partial charge in [-0.2, -0.15) is 0 Å². The van der Waals surface area contributed by atoms with Crippen LogP contribution in [0.5, 0.6) is 0 Å². The number of aliphatic hydroxyl groups excluding tert-OH is 2. The van der Waals surface area contributed by atoms with E-state index in [2.05, 4.69) is 6.58 Å². The van der Waals surface area contributed by atoms with Crippen molar-refractivity contribution < 1.29 is 14.9 Å². The zero-order chi connectivity index (χ0) is 8.74. The van der Waals surface area contributed by atoms with Gasteiger partial charge in [0.05, 0.1) is 31.5 Å². The third kappa shape index (κ3) is 2.91. The van der Waals surface area contributed by atoms with Crippen molar-refractivity contribution in [3.8, 4) is 0 Å². The van der Waals surface area contributed by atoms with E-state index in [0.29, 0.717) is 13.0 Å². The number of hydrogen-bond acceptors (Lipinski definition) is 3. The van der Waals surface area contributed by atoms with E-state index in [1.165, 1.54) is 6.26 Å². The minimum atomic E-state index is -0.506. The molecule has 0 unspecified atom stereocenters. The molecule has 0 aliphatic heterocycles. The summed E-state index contributed by atoms with van der Waals surface area (Å²) in [5.74, 6) is 0. The average molecular weight is 160 g/mol. The van der Waals surface area contributed by atoms with Gasteiger partial charge in [0, 0.05) is 0 Å². The van der Waals surface area contributed by atoms with Crippen LogP contribution in [0, 0.1) is 5.41 Å². The molecule has 0 heterocycles. The normalized spacial score (nSPS) is 11.2. The van der Waals surface area contributed by atoms with Crippen LogP contribution in [0.4, 0.5) is 0 Å². The van der Waals surface area contributed by atoms with Gasteiger partial charge in [-0.15, -0.1) is 0 Å². The largest absolute Gasteiger partial charge is 0.501 e. The summed E-state index contributed by atoms with van der Waals surface area (Å²) in [6.45, 7) is 5.48. The van der Waals surface area contributed by atoms with E-state index in [0.717, 1.165) is 0 Å². The molecule has 11 heavy (non-hydrogen) atoms. The molecular weight excluding hydrogens is 144 g/mol. The van der Waals surface area contributed by atoms with E-state index in [1.54, 1.807) is 0 Å². The van der Waals surface area contributed by atoms with Gasteiger partial charge in [-0.05, 0) is 6.42 Å². The zero-order valence-corrected chi connectivity index (χ0v) is 6.92. The molecule has 0 radical (unpaired) electrons. The highest BCUT2D eigenvalue weighted by Crippen LogP contribution is 2.20. The standard InChI is InChI=1S/C8H16O3/c1-3-8(5-9,6-10)7-11-4-2/h4,9-10H,2-3,5-7H2,1H3. The Morgan fingerprint density at radius 3 is 2.27 bits per heavy atom. The van der Waals surface area contributed by atoms with Gasteiger partial charge < -0.3 is 14.9 Å². The second kappa shape index (κ2) is 5.16. The Balaban J connectivity index is 3.93. The van der Waals surface area contributed by atoms with Gasteiger partial charge in [0.25, 0.3) is 0 Å². The van der Waals surface area contributed by atoms with Crippen molar-refractivity contribution in [2.75, 3.05) is 19.8 Å². The first kappa shape index (κ1) is 10.5. The second-order valence-electron chi connectivity index (χ2n) is 2.65. The molecule has 66 valence electrons. The van der Waals surface area contributed by atoms with E-state index in [9.17, 15) is 0 Å². The average Bonchev–Trinajstić information content (AvgIpc) is 2.08. The lowest BCUT2D eigenvalue weighted by Crippen LogP contribution is -2.33. The number of rotatable bonds is 6. The van der Waals surface area contributed by atoms with Crippen LogP contribution in [0.3, 0.4) is 0 Å². The summed E-state index contributed by atoms with van der Waals surface area (Å²) >= 11 is 0. The number of hydrogen-bond donors (Lipinski definition) is 2. The first-order valence-electron chi connectivity index (χ1n) is 3.69. The van der Waals surface area contributed by atoms with Crippen molar-refractivity contribution >= 4 is 0 Å². The molecule has 0 atom stereocenters. The fourth-order valence-corrected chi connectivity index (χ4v) is 0.703. The smallest absolute Gasteiger partial charge is 0.0973 e. The Kier molecular flexibility index (Phi) is 4.90. The van der Waals surface area contributed by atoms with Gasteiger partial charge in [0.1, 0.15) is 0 Å². The van der Waals surface area contributed by atoms with E-state index in [4.69, 9.17) is 14.9 Å². The molecule has 0 aromatic heterocycles. The minimum absolute atomic E-state index is 0.0617. The quantitative estimate of drug-likeness (QED) is 0.557. The van der Waals surface area contributed by atoms with Gasteiger partial charge in [-0.1, -0.05) is 13.5 Å². The van der Waals surface area contributed by atoms with E-state index in [1.807, 2.05) is 6.92 Å². The van der Waals surface area contributed by atoms with Gasteiger partial charge in [-0.25, -0.2) is 0 Å². The lowest BCUT2D eigenvalue weighted by atomic mass is 9.88. The van der Waals surface area contributed by atoms with Crippen LogP contribution in [0.2, 0.25) is 0 Å². The van der Waals surface area contributed by atoms with Crippen molar-refractivity contribution in [2.45, 2.75) is 13.3 Å². The van der Waals surface area contributed by atoms with Crippen LogP contribution in [0.15, 0.2) is 12.8 Å². The number of ether oxygens (including phenoxy) is 1. The monoisotopic (exact) mass is 160 g/mol.